The van der Waals surface area contributed by atoms with E-state index in [1.165, 1.54) is 0 Å². The molecule has 0 N–H and O–H groups in total. The van der Waals surface area contributed by atoms with Crippen LogP contribution in [0.2, 0.25) is 0 Å². The van der Waals surface area contributed by atoms with Crippen LogP contribution in [0.15, 0.2) is 212 Å². The summed E-state index contributed by atoms with van der Waals surface area (Å²) in [4.78, 5) is 1.75. The highest BCUT2D eigenvalue weighted by Crippen LogP contribution is 2.46. The van der Waals surface area contributed by atoms with Crippen molar-refractivity contribution in [1.82, 2.24) is 0 Å². The van der Waals surface area contributed by atoms with E-state index in [2.05, 4.69) is 54.6 Å². The Labute approximate surface area is 322 Å². The van der Waals surface area contributed by atoms with Crippen LogP contribution in [0.3, 0.4) is 0 Å². The molecule has 0 heterocycles. The second kappa shape index (κ2) is 13.0. The third-order valence-corrected chi connectivity index (χ3v) is 9.98. The smallest absolute Gasteiger partial charge is 0.0645 e. The molecule has 10 rings (SSSR count). The molecule has 0 aliphatic carbocycles. The van der Waals surface area contributed by atoms with E-state index in [0.29, 0.717) is 11.4 Å². The van der Waals surface area contributed by atoms with E-state index in [4.69, 9.17) is 6.85 Å². The van der Waals surface area contributed by atoms with Crippen LogP contribution in [0.4, 0.5) is 17.1 Å². The van der Waals surface area contributed by atoms with Gasteiger partial charge in [0.1, 0.15) is 0 Å². The fourth-order valence-electron chi connectivity index (χ4n) is 7.65. The van der Waals surface area contributed by atoms with E-state index >= 15 is 0 Å². The van der Waals surface area contributed by atoms with E-state index in [-0.39, 0.29) is 16.8 Å². The van der Waals surface area contributed by atoms with Crippen molar-refractivity contribution in [3.63, 3.8) is 0 Å². The number of hydrogen-bond donors (Lipinski definition) is 0. The molecule has 0 spiro atoms. The molecule has 10 aromatic carbocycles. The maximum absolute atomic E-state index is 9.60. The van der Waals surface area contributed by atoms with Gasteiger partial charge in [-0.25, -0.2) is 0 Å². The molecule has 1 heteroatoms. The molecule has 248 valence electrons. The number of rotatable bonds is 6. The minimum Gasteiger partial charge on any atom is -0.310 e. The fraction of sp³-hybridized carbons (Fsp3) is 0. The molecule has 10 aromatic rings. The van der Waals surface area contributed by atoms with Crippen LogP contribution in [0.1, 0.15) is 12.3 Å². The van der Waals surface area contributed by atoms with Gasteiger partial charge in [-0.1, -0.05) is 182 Å². The van der Waals surface area contributed by atoms with Gasteiger partial charge >= 0.3 is 0 Å². The molecule has 1 nitrogen and oxygen atoms in total. The maximum Gasteiger partial charge on any atom is 0.0645 e. The summed E-state index contributed by atoms with van der Waals surface area (Å²) in [5.74, 6) is 0. The predicted octanol–water partition coefficient (Wildman–Crippen LogP) is 14.8. The predicted molar refractivity (Wildman–Crippen MR) is 227 cm³/mol. The van der Waals surface area contributed by atoms with Gasteiger partial charge in [-0.3, -0.25) is 0 Å². The lowest BCUT2D eigenvalue weighted by molar-refractivity contribution is 1.30. The summed E-state index contributed by atoms with van der Waals surface area (Å²) in [6.07, 6.45) is 0. The molecule has 0 bridgehead atoms. The first-order valence-electron chi connectivity index (χ1n) is 22.0. The van der Waals surface area contributed by atoms with Crippen molar-refractivity contribution in [2.75, 3.05) is 4.90 Å². The number of hydrogen-bond acceptors (Lipinski definition) is 1. The quantitative estimate of drug-likeness (QED) is 0.158. The number of benzene rings is 10. The van der Waals surface area contributed by atoms with E-state index in [0.717, 1.165) is 65.3 Å². The standard InChI is InChI=1S/C52H35N/c1-3-15-36(16-4-1)37-27-31-41(32-28-37)53(50-35-40-19-7-8-20-43(40)44-21-9-12-24-47(44)50)42-33-29-39(30-34-42)52-49-26-14-11-23-46(49)45-22-10-13-25-48(45)51(52)38-17-5-2-6-18-38/h1-35H/i1D,3D,4D,15D,16D,27D,28D,31D,32D. The molecule has 0 atom stereocenters. The first-order valence-corrected chi connectivity index (χ1v) is 17.5. The van der Waals surface area contributed by atoms with Crippen molar-refractivity contribution in [2.24, 2.45) is 0 Å². The highest BCUT2D eigenvalue weighted by molar-refractivity contribution is 6.21. The molecule has 0 unspecified atom stereocenters. The largest absolute Gasteiger partial charge is 0.310 e. The number of nitrogens with zero attached hydrogens (tertiary/aromatic N) is 1. The van der Waals surface area contributed by atoms with Crippen molar-refractivity contribution >= 4 is 60.2 Å². The normalized spacial score (nSPS) is 13.8. The van der Waals surface area contributed by atoms with Crippen LogP contribution in [-0.4, -0.2) is 0 Å². The van der Waals surface area contributed by atoms with Gasteiger partial charge in [0.2, 0.25) is 0 Å². The van der Waals surface area contributed by atoms with E-state index in [1.54, 1.807) is 4.90 Å². The average Bonchev–Trinajstić information content (AvgIpc) is 3.32. The Morgan fingerprint density at radius 1 is 0.321 bits per heavy atom. The lowest BCUT2D eigenvalue weighted by Crippen LogP contribution is -2.10. The van der Waals surface area contributed by atoms with Crippen LogP contribution in [0, 0.1) is 0 Å². The van der Waals surface area contributed by atoms with E-state index in [9.17, 15) is 5.48 Å². The minimum atomic E-state index is -0.624. The van der Waals surface area contributed by atoms with Crippen LogP contribution in [0.25, 0.3) is 76.5 Å². The molecule has 0 radical (unpaired) electrons. The summed E-state index contributed by atoms with van der Waals surface area (Å²) in [6, 6.07) is 48.0. The molecule has 0 saturated carbocycles. The Hall–Kier alpha value is -6.96. The molecule has 0 aromatic heterocycles. The van der Waals surface area contributed by atoms with Crippen molar-refractivity contribution in [1.29, 1.82) is 0 Å². The van der Waals surface area contributed by atoms with Gasteiger partial charge in [0.25, 0.3) is 0 Å². The monoisotopic (exact) mass is 682 g/mol. The van der Waals surface area contributed by atoms with Crippen molar-refractivity contribution in [2.45, 2.75) is 0 Å². The van der Waals surface area contributed by atoms with Gasteiger partial charge in [0, 0.05) is 16.8 Å². The zero-order valence-corrected chi connectivity index (χ0v) is 28.5. The van der Waals surface area contributed by atoms with Crippen LogP contribution in [0.5, 0.6) is 0 Å². The van der Waals surface area contributed by atoms with E-state index < -0.39 is 54.4 Å². The van der Waals surface area contributed by atoms with Gasteiger partial charge in [-0.2, -0.15) is 0 Å². The molecule has 53 heavy (non-hydrogen) atoms. The Bertz CT molecular complexity index is 3400. The summed E-state index contributed by atoms with van der Waals surface area (Å²) in [6.45, 7) is 0. The molecule has 0 aliphatic rings. The Morgan fingerprint density at radius 3 is 1.42 bits per heavy atom. The first-order chi connectivity index (χ1) is 30.1. The van der Waals surface area contributed by atoms with Crippen molar-refractivity contribution in [3.8, 4) is 33.4 Å². The topological polar surface area (TPSA) is 3.24 Å². The summed E-state index contributed by atoms with van der Waals surface area (Å²) in [7, 11) is 0. The molecule has 0 fully saturated rings. The van der Waals surface area contributed by atoms with Crippen molar-refractivity contribution < 1.29 is 12.3 Å². The highest BCUT2D eigenvalue weighted by atomic mass is 15.1. The third-order valence-electron chi connectivity index (χ3n) is 9.98. The average molecular weight is 683 g/mol. The van der Waals surface area contributed by atoms with Crippen LogP contribution < -0.4 is 4.90 Å². The highest BCUT2D eigenvalue weighted by Gasteiger charge is 2.20. The SMILES string of the molecule is [2H]c1c([2H])c([2H])c(-c2c([2H])c([2H])c(N(c3ccc(-c4c(-c5ccccc5)c5ccccc5c5ccccc45)cc3)c3cc4ccccc4c4ccccc34)c([2H])c2[2H])c([2H])c1[2H]. The molecule has 0 aliphatic heterocycles. The second-order valence-electron chi connectivity index (χ2n) is 13.0. The zero-order chi connectivity index (χ0) is 43.0. The fourth-order valence-corrected chi connectivity index (χ4v) is 7.65. The number of anilines is 3. The Kier molecular flexibility index (Phi) is 5.58. The van der Waals surface area contributed by atoms with Gasteiger partial charge in [-0.05, 0) is 101 Å². The van der Waals surface area contributed by atoms with Crippen molar-refractivity contribution in [3.05, 3.63) is 212 Å². The Morgan fingerprint density at radius 2 is 0.792 bits per heavy atom. The summed E-state index contributed by atoms with van der Waals surface area (Å²) < 4.78 is 80.0. The minimum absolute atomic E-state index is 0.0505. The Balaban J connectivity index is 1.26. The summed E-state index contributed by atoms with van der Waals surface area (Å²) in [5, 5.41) is 8.12. The molecule has 0 saturated heterocycles. The molecule has 0 amide bonds. The van der Waals surface area contributed by atoms with Gasteiger partial charge in [0.15, 0.2) is 0 Å². The molecular formula is C52H35N. The maximum atomic E-state index is 9.60. The lowest BCUT2D eigenvalue weighted by Gasteiger charge is -2.28. The summed E-state index contributed by atoms with van der Waals surface area (Å²) in [5.41, 5.74) is 4.53. The zero-order valence-electron chi connectivity index (χ0n) is 37.5. The van der Waals surface area contributed by atoms with Gasteiger partial charge < -0.3 is 4.90 Å². The first kappa shape index (κ1) is 22.8. The lowest BCUT2D eigenvalue weighted by atomic mass is 9.85. The molecular weight excluding hydrogens is 639 g/mol. The van der Waals surface area contributed by atoms with Crippen LogP contribution in [-0.2, 0) is 0 Å². The van der Waals surface area contributed by atoms with Gasteiger partial charge in [-0.15, -0.1) is 0 Å². The van der Waals surface area contributed by atoms with Gasteiger partial charge in [0.05, 0.1) is 18.0 Å². The second-order valence-corrected chi connectivity index (χ2v) is 13.0. The van der Waals surface area contributed by atoms with Crippen LogP contribution >= 0.6 is 0 Å². The number of fused-ring (bicyclic) bond motifs is 6. The summed E-state index contributed by atoms with van der Waals surface area (Å²) >= 11 is 0. The van der Waals surface area contributed by atoms with E-state index in [1.807, 2.05) is 103 Å². The third kappa shape index (κ3) is 5.34.